The summed E-state index contributed by atoms with van der Waals surface area (Å²) in [5, 5.41) is 12.3. The first-order valence-electron chi connectivity index (χ1n) is 17.0. The van der Waals surface area contributed by atoms with Crippen LogP contribution in [0.5, 0.6) is 6.01 Å². The number of nitrogens with zero attached hydrogens (tertiary/aromatic N) is 8. The van der Waals surface area contributed by atoms with Crippen molar-refractivity contribution >= 4 is 28.2 Å². The zero-order chi connectivity index (χ0) is 31.9. The molecule has 242 valence electrons. The number of likely N-dealkylation sites (tertiary alicyclic amines) is 1. The van der Waals surface area contributed by atoms with Gasteiger partial charge in [0.25, 0.3) is 0 Å². The Hall–Kier alpha value is -3.94. The van der Waals surface area contributed by atoms with Gasteiger partial charge >= 0.3 is 6.01 Å². The van der Waals surface area contributed by atoms with E-state index in [1.807, 2.05) is 4.90 Å². The molecule has 3 fully saturated rings. The fraction of sp³-hybridized carbons (Fsp3) is 0.556. The molecule has 3 aromatic rings. The van der Waals surface area contributed by atoms with E-state index in [1.165, 1.54) is 28.4 Å². The second-order valence-corrected chi connectivity index (χ2v) is 13.8. The van der Waals surface area contributed by atoms with E-state index in [2.05, 4.69) is 89.9 Å². The number of aryl methyl sites for hydroxylation is 1. The minimum absolute atomic E-state index is 0.0584. The van der Waals surface area contributed by atoms with Gasteiger partial charge in [-0.2, -0.15) is 15.2 Å². The zero-order valence-corrected chi connectivity index (χ0v) is 27.7. The molecule has 1 aromatic heterocycles. The summed E-state index contributed by atoms with van der Waals surface area (Å²) in [6.07, 6.45) is 3.41. The third-order valence-electron chi connectivity index (χ3n) is 10.5. The molecular formula is C36H46N8O2. The summed E-state index contributed by atoms with van der Waals surface area (Å²) in [5.41, 5.74) is 4.65. The second-order valence-electron chi connectivity index (χ2n) is 13.8. The van der Waals surface area contributed by atoms with Gasteiger partial charge in [0, 0.05) is 61.4 Å². The highest BCUT2D eigenvalue weighted by Gasteiger charge is 2.46. The van der Waals surface area contributed by atoms with E-state index in [9.17, 15) is 10.1 Å². The van der Waals surface area contributed by atoms with E-state index in [4.69, 9.17) is 14.7 Å². The van der Waals surface area contributed by atoms with Gasteiger partial charge in [-0.1, -0.05) is 30.3 Å². The minimum Gasteiger partial charge on any atom is -0.462 e. The molecule has 4 aliphatic rings. The summed E-state index contributed by atoms with van der Waals surface area (Å²) in [4.78, 5) is 34.9. The van der Waals surface area contributed by atoms with Crippen molar-refractivity contribution in [3.63, 3.8) is 0 Å². The summed E-state index contributed by atoms with van der Waals surface area (Å²) in [6.45, 7) is 12.2. The predicted molar refractivity (Wildman–Crippen MR) is 180 cm³/mol. The normalized spacial score (nSPS) is 24.7. The van der Waals surface area contributed by atoms with Crippen molar-refractivity contribution in [2.75, 3.05) is 62.7 Å². The van der Waals surface area contributed by atoms with Crippen LogP contribution in [0, 0.1) is 18.3 Å². The van der Waals surface area contributed by atoms with Crippen LogP contribution in [0.1, 0.15) is 49.9 Å². The van der Waals surface area contributed by atoms with Crippen LogP contribution in [-0.2, 0) is 17.8 Å². The lowest BCUT2D eigenvalue weighted by atomic mass is 9.99. The number of ether oxygens (including phenoxy) is 1. The van der Waals surface area contributed by atoms with Gasteiger partial charge in [0.15, 0.2) is 0 Å². The summed E-state index contributed by atoms with van der Waals surface area (Å²) in [5.74, 6) is 1.06. The van der Waals surface area contributed by atoms with Crippen molar-refractivity contribution in [3.8, 4) is 12.1 Å². The highest BCUT2D eigenvalue weighted by atomic mass is 16.5. The Bertz CT molecular complexity index is 1650. The Balaban J connectivity index is 1.18. The summed E-state index contributed by atoms with van der Waals surface area (Å²) in [7, 11) is 2.16. The number of carbonyl (C=O) groups excluding carboxylic acids is 1. The van der Waals surface area contributed by atoms with Gasteiger partial charge in [0.05, 0.1) is 30.8 Å². The van der Waals surface area contributed by atoms with Gasteiger partial charge in [-0.05, 0) is 70.6 Å². The number of benzene rings is 2. The van der Waals surface area contributed by atoms with Gasteiger partial charge in [0.2, 0.25) is 5.91 Å². The standard InChI is InChI=1S/C36H46N8O2/c1-24(2)44-22-32(44)35(45)43-19-18-42(20-27(43)13-15-37)34-29-14-17-41(31-12-6-10-26-9-5-8-25(3)33(26)31)21-30(29)38-36(39-34)46-23-28-11-7-16-40(28)4/h5-6,8-10,12,24,27-28,32H,7,11,13-14,16-23H2,1-4H3/t27?,28?,32?,44-/m1/s1. The van der Waals surface area contributed by atoms with Crippen molar-refractivity contribution < 1.29 is 9.53 Å². The van der Waals surface area contributed by atoms with Crippen LogP contribution in [0.2, 0.25) is 0 Å². The summed E-state index contributed by atoms with van der Waals surface area (Å²) in [6, 6.07) is 16.3. The number of hydrogen-bond donors (Lipinski definition) is 0. The molecule has 0 spiro atoms. The molecule has 0 aliphatic carbocycles. The van der Waals surface area contributed by atoms with Crippen molar-refractivity contribution in [2.45, 2.75) is 77.2 Å². The number of piperazine rings is 1. The fourth-order valence-corrected chi connectivity index (χ4v) is 7.80. The number of likely N-dealkylation sites (N-methyl/N-ethyl adjacent to an activating group) is 1. The maximum absolute atomic E-state index is 13.5. The van der Waals surface area contributed by atoms with Crippen LogP contribution in [0.25, 0.3) is 10.8 Å². The van der Waals surface area contributed by atoms with Crippen molar-refractivity contribution in [2.24, 2.45) is 0 Å². The molecule has 46 heavy (non-hydrogen) atoms. The molecule has 3 unspecified atom stereocenters. The molecule has 4 atom stereocenters. The highest BCUT2D eigenvalue weighted by Crippen LogP contribution is 2.36. The topological polar surface area (TPSA) is 91.8 Å². The lowest BCUT2D eigenvalue weighted by Crippen LogP contribution is -2.57. The molecule has 0 saturated carbocycles. The minimum atomic E-state index is -0.179. The van der Waals surface area contributed by atoms with Crippen LogP contribution >= 0.6 is 0 Å². The van der Waals surface area contributed by atoms with Gasteiger partial charge in [-0.15, -0.1) is 0 Å². The Morgan fingerprint density at radius 1 is 1.04 bits per heavy atom. The molecule has 0 radical (unpaired) electrons. The third kappa shape index (κ3) is 5.87. The van der Waals surface area contributed by atoms with Gasteiger partial charge in [-0.25, -0.2) is 0 Å². The Labute approximate surface area is 272 Å². The van der Waals surface area contributed by atoms with E-state index < -0.39 is 0 Å². The summed E-state index contributed by atoms with van der Waals surface area (Å²) < 4.78 is 6.36. The van der Waals surface area contributed by atoms with Gasteiger partial charge in [-0.3, -0.25) is 9.69 Å². The zero-order valence-electron chi connectivity index (χ0n) is 27.7. The summed E-state index contributed by atoms with van der Waals surface area (Å²) >= 11 is 0. The number of fused-ring (bicyclic) bond motifs is 2. The molecule has 2 aromatic carbocycles. The molecule has 4 aliphatic heterocycles. The van der Waals surface area contributed by atoms with E-state index in [1.54, 1.807) is 0 Å². The van der Waals surface area contributed by atoms with Crippen LogP contribution in [0.4, 0.5) is 11.5 Å². The molecule has 7 rings (SSSR count). The Morgan fingerprint density at radius 2 is 1.87 bits per heavy atom. The number of hydrogen-bond acceptors (Lipinski definition) is 9. The van der Waals surface area contributed by atoms with Gasteiger partial charge in [0.1, 0.15) is 18.5 Å². The Kier molecular flexibility index (Phi) is 8.47. The van der Waals surface area contributed by atoms with Crippen molar-refractivity contribution in [3.05, 3.63) is 53.2 Å². The first-order chi connectivity index (χ1) is 22.3. The number of carbonyl (C=O) groups is 1. The monoisotopic (exact) mass is 622 g/mol. The molecule has 5 heterocycles. The van der Waals surface area contributed by atoms with Crippen LogP contribution in [0.3, 0.4) is 0 Å². The number of anilines is 2. The van der Waals surface area contributed by atoms with E-state index in [-0.39, 0.29) is 18.0 Å². The molecule has 3 saturated heterocycles. The largest absolute Gasteiger partial charge is 0.462 e. The molecule has 10 nitrogen and oxygen atoms in total. The second kappa shape index (κ2) is 12.7. The number of amides is 1. The number of aromatic nitrogens is 2. The third-order valence-corrected chi connectivity index (χ3v) is 10.5. The quantitative estimate of drug-likeness (QED) is 0.346. The first-order valence-corrected chi connectivity index (χ1v) is 17.0. The lowest BCUT2D eigenvalue weighted by molar-refractivity contribution is -0.134. The Morgan fingerprint density at radius 3 is 2.61 bits per heavy atom. The predicted octanol–water partition coefficient (Wildman–Crippen LogP) is 4.00. The van der Waals surface area contributed by atoms with E-state index >= 15 is 0 Å². The SMILES string of the molecule is Cc1cccc2cccc(N3CCc4c(nc(OCC5CCCN5C)nc4N4CCN(C(=O)C5C[N@]5C(C)C)C(CC#N)C4)C3)c12. The lowest BCUT2D eigenvalue weighted by Gasteiger charge is -2.42. The molecule has 10 heteroatoms. The number of nitriles is 1. The van der Waals surface area contributed by atoms with Crippen LogP contribution < -0.4 is 14.5 Å². The van der Waals surface area contributed by atoms with Gasteiger partial charge < -0.3 is 24.3 Å². The maximum Gasteiger partial charge on any atom is 0.318 e. The maximum atomic E-state index is 13.5. The molecule has 0 N–H and O–H groups in total. The van der Waals surface area contributed by atoms with E-state index in [0.29, 0.717) is 57.3 Å². The van der Waals surface area contributed by atoms with Crippen molar-refractivity contribution in [1.29, 1.82) is 5.26 Å². The van der Waals surface area contributed by atoms with Crippen molar-refractivity contribution in [1.82, 2.24) is 24.7 Å². The van der Waals surface area contributed by atoms with E-state index in [0.717, 1.165) is 49.6 Å². The average molecular weight is 623 g/mol. The average Bonchev–Trinajstić information content (AvgIpc) is 3.77. The smallest absolute Gasteiger partial charge is 0.318 e. The van der Waals surface area contributed by atoms with Crippen LogP contribution in [-0.4, -0.2) is 108 Å². The molecular weight excluding hydrogens is 576 g/mol. The highest BCUT2D eigenvalue weighted by molar-refractivity contribution is 5.97. The molecule has 1 amide bonds. The first kappa shape index (κ1) is 30.7. The molecule has 0 bridgehead atoms. The fourth-order valence-electron chi connectivity index (χ4n) is 7.80. The number of rotatable bonds is 8. The van der Waals surface area contributed by atoms with Crippen LogP contribution in [0.15, 0.2) is 36.4 Å².